The van der Waals surface area contributed by atoms with Crippen LogP contribution in [0, 0.1) is 5.82 Å². The second-order valence-electron chi connectivity index (χ2n) is 3.20. The predicted molar refractivity (Wildman–Crippen MR) is 58.2 cm³/mol. The molecule has 5 heteroatoms. The molecule has 0 aliphatic carbocycles. The lowest BCUT2D eigenvalue weighted by Crippen LogP contribution is -1.99. The van der Waals surface area contributed by atoms with Crippen LogP contribution in [0.4, 0.5) is 4.39 Å². The molecule has 0 spiro atoms. The van der Waals surface area contributed by atoms with Crippen molar-refractivity contribution in [2.45, 2.75) is 0 Å². The number of aromatic carboxylic acids is 1. The number of H-pyrrole nitrogens is 1. The summed E-state index contributed by atoms with van der Waals surface area (Å²) in [7, 11) is 0. The van der Waals surface area contributed by atoms with E-state index in [0.29, 0.717) is 5.56 Å². The van der Waals surface area contributed by atoms with Crippen LogP contribution in [0.2, 0.25) is 5.02 Å². The first-order valence-corrected chi connectivity index (χ1v) is 4.83. The van der Waals surface area contributed by atoms with Crippen LogP contribution in [-0.2, 0) is 0 Å². The average Bonchev–Trinajstić information content (AvgIpc) is 2.66. The van der Waals surface area contributed by atoms with E-state index in [1.165, 1.54) is 24.4 Å². The average molecular weight is 240 g/mol. The molecular formula is C11H7ClFNO2. The number of hydrogen-bond acceptors (Lipinski definition) is 1. The molecule has 2 rings (SSSR count). The van der Waals surface area contributed by atoms with Crippen molar-refractivity contribution in [2.24, 2.45) is 0 Å². The zero-order valence-electron chi connectivity index (χ0n) is 8.00. The van der Waals surface area contributed by atoms with Gasteiger partial charge in [0.2, 0.25) is 0 Å². The number of rotatable bonds is 2. The summed E-state index contributed by atoms with van der Waals surface area (Å²) in [5, 5.41) is 9.15. The predicted octanol–water partition coefficient (Wildman–Crippen LogP) is 3.17. The summed E-state index contributed by atoms with van der Waals surface area (Å²) in [5.41, 5.74) is 0.478. The molecule has 0 aliphatic heterocycles. The van der Waals surface area contributed by atoms with Crippen LogP contribution >= 0.6 is 11.6 Å². The molecule has 0 aliphatic rings. The molecule has 0 saturated heterocycles. The van der Waals surface area contributed by atoms with Crippen LogP contribution in [0.1, 0.15) is 10.5 Å². The minimum atomic E-state index is -1.13. The van der Waals surface area contributed by atoms with Gasteiger partial charge in [-0.05, 0) is 24.3 Å². The molecule has 2 aromatic rings. The van der Waals surface area contributed by atoms with Crippen molar-refractivity contribution in [1.82, 2.24) is 4.98 Å². The van der Waals surface area contributed by atoms with E-state index in [4.69, 9.17) is 16.7 Å². The van der Waals surface area contributed by atoms with Gasteiger partial charge in [0.15, 0.2) is 0 Å². The first kappa shape index (κ1) is 10.7. The van der Waals surface area contributed by atoms with Gasteiger partial charge in [0, 0.05) is 22.3 Å². The number of nitrogens with one attached hydrogen (secondary N) is 1. The normalized spacial score (nSPS) is 10.4. The summed E-state index contributed by atoms with van der Waals surface area (Å²) in [6.45, 7) is 0. The maximum atomic E-state index is 13.6. The smallest absolute Gasteiger partial charge is 0.352 e. The Hall–Kier alpha value is -1.81. The highest BCUT2D eigenvalue weighted by Crippen LogP contribution is 2.27. The van der Waals surface area contributed by atoms with E-state index in [9.17, 15) is 9.18 Å². The lowest BCUT2D eigenvalue weighted by molar-refractivity contribution is 0.0692. The molecule has 1 heterocycles. The largest absolute Gasteiger partial charge is 0.477 e. The fraction of sp³-hybridized carbons (Fsp3) is 0. The van der Waals surface area contributed by atoms with Crippen LogP contribution in [0.3, 0.4) is 0 Å². The lowest BCUT2D eigenvalue weighted by atomic mass is 10.1. The summed E-state index contributed by atoms with van der Waals surface area (Å²) in [6.07, 6.45) is 1.45. The van der Waals surface area contributed by atoms with Crippen molar-refractivity contribution < 1.29 is 14.3 Å². The molecule has 82 valence electrons. The van der Waals surface area contributed by atoms with Gasteiger partial charge < -0.3 is 10.1 Å². The van der Waals surface area contributed by atoms with E-state index in [2.05, 4.69) is 4.98 Å². The molecule has 0 unspecified atom stereocenters. The van der Waals surface area contributed by atoms with E-state index in [1.54, 1.807) is 0 Å². The Morgan fingerprint density at radius 2 is 2.06 bits per heavy atom. The zero-order valence-corrected chi connectivity index (χ0v) is 8.75. The van der Waals surface area contributed by atoms with Gasteiger partial charge >= 0.3 is 5.97 Å². The topological polar surface area (TPSA) is 53.1 Å². The fourth-order valence-electron chi connectivity index (χ4n) is 1.48. The Labute approximate surface area is 95.5 Å². The summed E-state index contributed by atoms with van der Waals surface area (Å²) >= 11 is 5.62. The van der Waals surface area contributed by atoms with E-state index < -0.39 is 11.8 Å². The van der Waals surface area contributed by atoms with Crippen LogP contribution in [0.25, 0.3) is 11.1 Å². The number of carbonyl (C=O) groups is 1. The van der Waals surface area contributed by atoms with Gasteiger partial charge in [0.05, 0.1) is 0 Å². The van der Waals surface area contributed by atoms with Gasteiger partial charge in [-0.1, -0.05) is 11.6 Å². The maximum Gasteiger partial charge on any atom is 0.352 e. The molecule has 0 atom stereocenters. The quantitative estimate of drug-likeness (QED) is 0.846. The van der Waals surface area contributed by atoms with E-state index in [0.717, 1.165) is 6.07 Å². The van der Waals surface area contributed by atoms with Gasteiger partial charge in [-0.25, -0.2) is 9.18 Å². The third-order valence-corrected chi connectivity index (χ3v) is 2.42. The van der Waals surface area contributed by atoms with Gasteiger partial charge in [-0.15, -0.1) is 0 Å². The van der Waals surface area contributed by atoms with E-state index in [-0.39, 0.29) is 16.3 Å². The third-order valence-electron chi connectivity index (χ3n) is 2.18. The SMILES string of the molecule is O=C(O)c1[nH]ccc1-c1ccc(Cl)cc1F. The number of hydrogen-bond donors (Lipinski definition) is 2. The van der Waals surface area contributed by atoms with Crippen molar-refractivity contribution >= 4 is 17.6 Å². The molecule has 3 nitrogen and oxygen atoms in total. The highest BCUT2D eigenvalue weighted by atomic mass is 35.5. The first-order chi connectivity index (χ1) is 7.59. The van der Waals surface area contributed by atoms with Crippen LogP contribution in [0.15, 0.2) is 30.5 Å². The summed E-state index contributed by atoms with van der Waals surface area (Å²) < 4.78 is 13.6. The van der Waals surface area contributed by atoms with E-state index >= 15 is 0 Å². The van der Waals surface area contributed by atoms with Crippen LogP contribution in [0.5, 0.6) is 0 Å². The van der Waals surface area contributed by atoms with Gasteiger partial charge in [-0.3, -0.25) is 0 Å². The third kappa shape index (κ3) is 1.79. The molecule has 0 radical (unpaired) electrons. The maximum absolute atomic E-state index is 13.6. The van der Waals surface area contributed by atoms with Gasteiger partial charge in [-0.2, -0.15) is 0 Å². The summed E-state index contributed by atoms with van der Waals surface area (Å²) in [5.74, 6) is -1.68. The lowest BCUT2D eigenvalue weighted by Gasteiger charge is -2.02. The second-order valence-corrected chi connectivity index (χ2v) is 3.63. The van der Waals surface area contributed by atoms with Gasteiger partial charge in [0.1, 0.15) is 11.5 Å². The zero-order chi connectivity index (χ0) is 11.7. The summed E-state index contributed by atoms with van der Waals surface area (Å²) in [6, 6.07) is 5.62. The van der Waals surface area contributed by atoms with Crippen LogP contribution < -0.4 is 0 Å². The Balaban J connectivity index is 2.59. The number of carboxylic acids is 1. The Bertz CT molecular complexity index is 551. The van der Waals surface area contributed by atoms with Gasteiger partial charge in [0.25, 0.3) is 0 Å². The Morgan fingerprint density at radius 1 is 1.31 bits per heavy atom. The van der Waals surface area contributed by atoms with Crippen molar-refractivity contribution in [2.75, 3.05) is 0 Å². The molecule has 0 bridgehead atoms. The summed E-state index contributed by atoms with van der Waals surface area (Å²) in [4.78, 5) is 13.4. The van der Waals surface area contributed by atoms with Crippen molar-refractivity contribution in [1.29, 1.82) is 0 Å². The van der Waals surface area contributed by atoms with Crippen molar-refractivity contribution in [3.63, 3.8) is 0 Å². The molecule has 1 aromatic carbocycles. The second kappa shape index (κ2) is 3.98. The molecule has 0 fully saturated rings. The number of carboxylic acid groups (broad SMARTS) is 1. The van der Waals surface area contributed by atoms with Crippen molar-refractivity contribution in [3.8, 4) is 11.1 Å². The molecule has 16 heavy (non-hydrogen) atoms. The Kier molecular flexibility index (Phi) is 2.66. The Morgan fingerprint density at radius 3 is 2.69 bits per heavy atom. The molecule has 2 N–H and O–H groups in total. The van der Waals surface area contributed by atoms with E-state index in [1.807, 2.05) is 0 Å². The minimum Gasteiger partial charge on any atom is -0.477 e. The fourth-order valence-corrected chi connectivity index (χ4v) is 1.64. The highest BCUT2D eigenvalue weighted by molar-refractivity contribution is 6.30. The number of halogens is 2. The monoisotopic (exact) mass is 239 g/mol. The molecule has 0 amide bonds. The number of benzene rings is 1. The standard InChI is InChI=1S/C11H7ClFNO2/c12-6-1-2-7(9(13)5-6)8-3-4-14-10(8)11(15)16/h1-5,14H,(H,15,16). The number of aromatic amines is 1. The number of aromatic nitrogens is 1. The molecule has 1 aromatic heterocycles. The van der Waals surface area contributed by atoms with Crippen LogP contribution in [-0.4, -0.2) is 16.1 Å². The van der Waals surface area contributed by atoms with Crippen molar-refractivity contribution in [3.05, 3.63) is 47.0 Å². The first-order valence-electron chi connectivity index (χ1n) is 4.45. The minimum absolute atomic E-state index is 0.0405. The molecule has 0 saturated carbocycles. The highest BCUT2D eigenvalue weighted by Gasteiger charge is 2.15. The molecular weight excluding hydrogens is 233 g/mol.